The number of halogens is 1. The second-order valence-corrected chi connectivity index (χ2v) is 5.73. The number of amides is 1. The molecule has 0 aliphatic carbocycles. The van der Waals surface area contributed by atoms with Gasteiger partial charge >= 0.3 is 0 Å². The van der Waals surface area contributed by atoms with E-state index in [-0.39, 0.29) is 5.91 Å². The number of carbonyl (C=O) groups is 1. The first-order valence-electron chi connectivity index (χ1n) is 7.15. The quantitative estimate of drug-likeness (QED) is 0.913. The van der Waals surface area contributed by atoms with Gasteiger partial charge in [-0.05, 0) is 50.6 Å². The van der Waals surface area contributed by atoms with Gasteiger partial charge in [0, 0.05) is 5.69 Å². The highest BCUT2D eigenvalue weighted by Crippen LogP contribution is 2.26. The number of hydrogen-bond donors (Lipinski definition) is 1. The molecule has 118 valence electrons. The van der Waals surface area contributed by atoms with Crippen LogP contribution < -0.4 is 10.1 Å². The molecule has 0 aliphatic rings. The first-order valence-corrected chi connectivity index (χ1v) is 7.53. The summed E-state index contributed by atoms with van der Waals surface area (Å²) in [5.74, 6) is 0.103. The summed E-state index contributed by atoms with van der Waals surface area (Å²) >= 11 is 6.05. The molecule has 2 aromatic carbocycles. The maximum Gasteiger partial charge on any atom is 0.265 e. The Hall–Kier alpha value is -2.51. The second-order valence-electron chi connectivity index (χ2n) is 5.32. The number of nitrogens with one attached hydrogen (secondary N) is 1. The summed E-state index contributed by atoms with van der Waals surface area (Å²) < 4.78 is 5.59. The Morgan fingerprint density at radius 1 is 1.26 bits per heavy atom. The molecule has 0 radical (unpaired) electrons. The summed E-state index contributed by atoms with van der Waals surface area (Å²) in [6.07, 6.45) is -0.721. The predicted molar refractivity (Wildman–Crippen MR) is 90.8 cm³/mol. The molecule has 1 amide bonds. The fraction of sp³-hybridized carbons (Fsp3) is 0.222. The largest absolute Gasteiger partial charge is 0.479 e. The van der Waals surface area contributed by atoms with E-state index in [2.05, 4.69) is 5.32 Å². The van der Waals surface area contributed by atoms with Crippen LogP contribution in [0.5, 0.6) is 5.75 Å². The number of carbonyl (C=O) groups excluding carboxylic acids is 1. The molecule has 0 saturated carbocycles. The van der Waals surface area contributed by atoms with Gasteiger partial charge < -0.3 is 10.1 Å². The van der Waals surface area contributed by atoms with Crippen molar-refractivity contribution in [1.82, 2.24) is 0 Å². The lowest BCUT2D eigenvalue weighted by Gasteiger charge is -2.16. The Kier molecular flexibility index (Phi) is 5.25. The number of nitriles is 1. The van der Waals surface area contributed by atoms with Crippen molar-refractivity contribution in [1.29, 1.82) is 5.26 Å². The van der Waals surface area contributed by atoms with Gasteiger partial charge in [0.25, 0.3) is 5.91 Å². The molecule has 5 heteroatoms. The van der Waals surface area contributed by atoms with Crippen LogP contribution in [-0.4, -0.2) is 12.0 Å². The van der Waals surface area contributed by atoms with Crippen LogP contribution >= 0.6 is 11.6 Å². The van der Waals surface area contributed by atoms with Gasteiger partial charge in [0.1, 0.15) is 5.75 Å². The van der Waals surface area contributed by atoms with E-state index < -0.39 is 6.10 Å². The van der Waals surface area contributed by atoms with Gasteiger partial charge in [-0.15, -0.1) is 0 Å². The molecule has 0 unspecified atom stereocenters. The van der Waals surface area contributed by atoms with Crippen LogP contribution in [0.15, 0.2) is 36.4 Å². The maximum atomic E-state index is 12.3. The molecule has 0 aliphatic heterocycles. The van der Waals surface area contributed by atoms with Crippen molar-refractivity contribution >= 4 is 23.2 Å². The lowest BCUT2D eigenvalue weighted by Crippen LogP contribution is -2.30. The Bertz CT molecular complexity index is 781. The molecule has 0 spiro atoms. The van der Waals surface area contributed by atoms with Crippen LogP contribution in [0, 0.1) is 25.2 Å². The van der Waals surface area contributed by atoms with Crippen LogP contribution in [0.2, 0.25) is 5.02 Å². The highest BCUT2D eigenvalue weighted by atomic mass is 35.5. The fourth-order valence-corrected chi connectivity index (χ4v) is 2.32. The topological polar surface area (TPSA) is 62.1 Å². The lowest BCUT2D eigenvalue weighted by molar-refractivity contribution is -0.122. The van der Waals surface area contributed by atoms with E-state index in [1.807, 2.05) is 38.1 Å². The van der Waals surface area contributed by atoms with E-state index in [0.29, 0.717) is 16.3 Å². The zero-order valence-corrected chi connectivity index (χ0v) is 13.9. The molecule has 0 heterocycles. The van der Waals surface area contributed by atoms with Gasteiger partial charge in [0.05, 0.1) is 16.7 Å². The fourth-order valence-electron chi connectivity index (χ4n) is 2.10. The minimum absolute atomic E-state index is 0.266. The lowest BCUT2D eigenvalue weighted by atomic mass is 10.1. The monoisotopic (exact) mass is 328 g/mol. The molecule has 0 fully saturated rings. The number of hydrogen-bond acceptors (Lipinski definition) is 3. The molecular weight excluding hydrogens is 312 g/mol. The van der Waals surface area contributed by atoms with Crippen LogP contribution in [-0.2, 0) is 4.79 Å². The standard InChI is InChI=1S/C18H17ClN2O2/c1-11-4-6-16(12(2)8-11)21-18(22)13(3)23-17-7-5-14(10-20)9-15(17)19/h4-9,13H,1-3H3,(H,21,22)/t13-/m0/s1. The van der Waals surface area contributed by atoms with Gasteiger partial charge in [-0.3, -0.25) is 4.79 Å². The minimum Gasteiger partial charge on any atom is -0.479 e. The number of ether oxygens (including phenoxy) is 1. The van der Waals surface area contributed by atoms with Crippen molar-refractivity contribution in [3.63, 3.8) is 0 Å². The summed E-state index contributed by atoms with van der Waals surface area (Å²) in [6, 6.07) is 12.5. The summed E-state index contributed by atoms with van der Waals surface area (Å²) in [5, 5.41) is 12.0. The van der Waals surface area contributed by atoms with E-state index in [1.54, 1.807) is 19.1 Å². The summed E-state index contributed by atoms with van der Waals surface area (Å²) in [6.45, 7) is 5.58. The van der Waals surface area contributed by atoms with Crippen LogP contribution in [0.3, 0.4) is 0 Å². The number of benzene rings is 2. The van der Waals surface area contributed by atoms with Crippen molar-refractivity contribution in [3.05, 3.63) is 58.1 Å². The molecule has 0 saturated heterocycles. The molecule has 2 rings (SSSR count). The molecule has 0 aromatic heterocycles. The SMILES string of the molecule is Cc1ccc(NC(=O)[C@H](C)Oc2ccc(C#N)cc2Cl)c(C)c1. The maximum absolute atomic E-state index is 12.3. The van der Waals surface area contributed by atoms with Crippen molar-refractivity contribution in [2.45, 2.75) is 26.9 Å². The minimum atomic E-state index is -0.721. The molecule has 23 heavy (non-hydrogen) atoms. The van der Waals surface area contributed by atoms with Gasteiger partial charge in [0.2, 0.25) is 0 Å². The number of nitrogens with zero attached hydrogens (tertiary/aromatic N) is 1. The van der Waals surface area contributed by atoms with E-state index in [1.165, 1.54) is 6.07 Å². The number of aryl methyl sites for hydroxylation is 2. The Morgan fingerprint density at radius 2 is 2.00 bits per heavy atom. The molecule has 4 nitrogen and oxygen atoms in total. The first-order chi connectivity index (χ1) is 10.9. The summed E-state index contributed by atoms with van der Waals surface area (Å²) in [4.78, 5) is 12.3. The second kappa shape index (κ2) is 7.17. The molecule has 0 bridgehead atoms. The Balaban J connectivity index is 2.07. The number of anilines is 1. The molecule has 1 N–H and O–H groups in total. The summed E-state index contributed by atoms with van der Waals surface area (Å²) in [5.41, 5.74) is 3.31. The smallest absolute Gasteiger partial charge is 0.265 e. The Labute approximate surface area is 140 Å². The average Bonchev–Trinajstić information content (AvgIpc) is 2.51. The average molecular weight is 329 g/mol. The zero-order valence-electron chi connectivity index (χ0n) is 13.2. The third kappa shape index (κ3) is 4.24. The first kappa shape index (κ1) is 16.9. The zero-order chi connectivity index (χ0) is 17.0. The Morgan fingerprint density at radius 3 is 2.61 bits per heavy atom. The van der Waals surface area contributed by atoms with E-state index in [9.17, 15) is 4.79 Å². The molecule has 2 aromatic rings. The third-order valence-corrected chi connectivity index (χ3v) is 3.67. The van der Waals surface area contributed by atoms with Crippen molar-refractivity contribution in [3.8, 4) is 11.8 Å². The highest BCUT2D eigenvalue weighted by molar-refractivity contribution is 6.32. The van der Waals surface area contributed by atoms with Crippen molar-refractivity contribution < 1.29 is 9.53 Å². The van der Waals surface area contributed by atoms with E-state index in [4.69, 9.17) is 21.6 Å². The van der Waals surface area contributed by atoms with Crippen molar-refractivity contribution in [2.24, 2.45) is 0 Å². The van der Waals surface area contributed by atoms with Crippen LogP contribution in [0.25, 0.3) is 0 Å². The third-order valence-electron chi connectivity index (χ3n) is 3.37. The van der Waals surface area contributed by atoms with Crippen LogP contribution in [0.1, 0.15) is 23.6 Å². The van der Waals surface area contributed by atoms with Crippen molar-refractivity contribution in [2.75, 3.05) is 5.32 Å². The van der Waals surface area contributed by atoms with Gasteiger partial charge in [-0.1, -0.05) is 29.3 Å². The van der Waals surface area contributed by atoms with Crippen LogP contribution in [0.4, 0.5) is 5.69 Å². The highest BCUT2D eigenvalue weighted by Gasteiger charge is 2.17. The normalized spacial score (nSPS) is 11.4. The molecular formula is C18H17ClN2O2. The van der Waals surface area contributed by atoms with E-state index in [0.717, 1.165) is 16.8 Å². The van der Waals surface area contributed by atoms with Gasteiger partial charge in [-0.25, -0.2) is 0 Å². The van der Waals surface area contributed by atoms with Gasteiger partial charge in [-0.2, -0.15) is 5.26 Å². The van der Waals surface area contributed by atoms with Gasteiger partial charge in [0.15, 0.2) is 6.10 Å². The molecule has 1 atom stereocenters. The number of rotatable bonds is 4. The van der Waals surface area contributed by atoms with E-state index >= 15 is 0 Å². The predicted octanol–water partition coefficient (Wildman–Crippen LogP) is 4.23. The summed E-state index contributed by atoms with van der Waals surface area (Å²) in [7, 11) is 0.